The maximum Gasteiger partial charge on any atom is 0.203 e. The van der Waals surface area contributed by atoms with Crippen LogP contribution in [0.4, 0.5) is 16.0 Å². The SMILES string of the molecule is CCN(CC)c1ccc(CNc2ncc(-c3ccc(F)cc3)n2C)c(O)c1. The van der Waals surface area contributed by atoms with E-state index in [9.17, 15) is 9.50 Å². The number of benzene rings is 2. The fourth-order valence-electron chi connectivity index (χ4n) is 3.12. The summed E-state index contributed by atoms with van der Waals surface area (Å²) < 4.78 is 15.0. The molecule has 0 saturated heterocycles. The van der Waals surface area contributed by atoms with E-state index in [0.29, 0.717) is 12.5 Å². The highest BCUT2D eigenvalue weighted by molar-refractivity contribution is 5.61. The van der Waals surface area contributed by atoms with Crippen molar-refractivity contribution in [1.82, 2.24) is 9.55 Å². The van der Waals surface area contributed by atoms with E-state index in [2.05, 4.69) is 29.0 Å². The second kappa shape index (κ2) is 8.12. The number of nitrogens with one attached hydrogen (secondary N) is 1. The molecule has 2 N–H and O–H groups in total. The number of nitrogens with zero attached hydrogens (tertiary/aromatic N) is 3. The molecule has 0 aliphatic heterocycles. The molecule has 27 heavy (non-hydrogen) atoms. The molecule has 0 aliphatic carbocycles. The minimum Gasteiger partial charge on any atom is -0.508 e. The van der Waals surface area contributed by atoms with Crippen LogP contribution in [0.3, 0.4) is 0 Å². The molecule has 0 radical (unpaired) electrons. The second-order valence-electron chi connectivity index (χ2n) is 6.37. The minimum atomic E-state index is -0.261. The van der Waals surface area contributed by atoms with Crippen LogP contribution in [-0.4, -0.2) is 27.7 Å². The van der Waals surface area contributed by atoms with Gasteiger partial charge in [0.25, 0.3) is 0 Å². The normalized spacial score (nSPS) is 10.8. The number of hydrogen-bond donors (Lipinski definition) is 2. The molecule has 0 amide bonds. The first-order valence-electron chi connectivity index (χ1n) is 9.11. The summed E-state index contributed by atoms with van der Waals surface area (Å²) in [6, 6.07) is 12.1. The van der Waals surface area contributed by atoms with Gasteiger partial charge in [-0.2, -0.15) is 0 Å². The van der Waals surface area contributed by atoms with E-state index in [1.165, 1.54) is 12.1 Å². The molecule has 1 aromatic heterocycles. The molecule has 1 heterocycles. The van der Waals surface area contributed by atoms with E-state index in [4.69, 9.17) is 0 Å². The molecule has 0 bridgehead atoms. The van der Waals surface area contributed by atoms with Gasteiger partial charge >= 0.3 is 0 Å². The van der Waals surface area contributed by atoms with Gasteiger partial charge in [-0.3, -0.25) is 0 Å². The van der Waals surface area contributed by atoms with Gasteiger partial charge in [0.1, 0.15) is 11.6 Å². The number of hydrogen-bond acceptors (Lipinski definition) is 4. The van der Waals surface area contributed by atoms with Crippen LogP contribution in [0.5, 0.6) is 5.75 Å². The van der Waals surface area contributed by atoms with E-state index in [1.807, 2.05) is 23.7 Å². The van der Waals surface area contributed by atoms with Crippen LogP contribution in [0.2, 0.25) is 0 Å². The predicted molar refractivity (Wildman–Crippen MR) is 108 cm³/mol. The average molecular weight is 368 g/mol. The zero-order valence-corrected chi connectivity index (χ0v) is 15.9. The number of halogens is 1. The highest BCUT2D eigenvalue weighted by Gasteiger charge is 2.11. The Morgan fingerprint density at radius 1 is 1.11 bits per heavy atom. The first kappa shape index (κ1) is 18.8. The van der Waals surface area contributed by atoms with Crippen LogP contribution >= 0.6 is 0 Å². The molecule has 0 unspecified atom stereocenters. The maximum atomic E-state index is 13.1. The molecule has 0 saturated carbocycles. The molecule has 3 aromatic rings. The molecular formula is C21H25FN4O. The third-order valence-corrected chi connectivity index (χ3v) is 4.76. The van der Waals surface area contributed by atoms with Gasteiger partial charge in [-0.15, -0.1) is 0 Å². The third kappa shape index (κ3) is 4.05. The van der Waals surface area contributed by atoms with Crippen molar-refractivity contribution in [2.45, 2.75) is 20.4 Å². The zero-order chi connectivity index (χ0) is 19.4. The molecule has 5 nitrogen and oxygen atoms in total. The molecular weight excluding hydrogens is 343 g/mol. The largest absolute Gasteiger partial charge is 0.508 e. The summed E-state index contributed by atoms with van der Waals surface area (Å²) in [6.45, 7) is 6.43. The van der Waals surface area contributed by atoms with Gasteiger partial charge < -0.3 is 19.9 Å². The molecule has 6 heteroatoms. The summed E-state index contributed by atoms with van der Waals surface area (Å²) >= 11 is 0. The molecule has 0 atom stereocenters. The van der Waals surface area contributed by atoms with Gasteiger partial charge in [0.2, 0.25) is 5.95 Å². The lowest BCUT2D eigenvalue weighted by atomic mass is 10.1. The van der Waals surface area contributed by atoms with E-state index in [1.54, 1.807) is 24.4 Å². The summed E-state index contributed by atoms with van der Waals surface area (Å²) in [5, 5.41) is 13.6. The monoisotopic (exact) mass is 368 g/mol. The Labute approximate surface area is 159 Å². The standard InChI is InChI=1S/C21H25FN4O/c1-4-26(5-2)18-11-8-16(20(27)12-18)13-23-21-24-14-19(25(21)3)15-6-9-17(22)10-7-15/h6-12,14,27H,4-5,13H2,1-3H3,(H,23,24). The quantitative estimate of drug-likeness (QED) is 0.649. The number of aromatic nitrogens is 2. The summed E-state index contributed by atoms with van der Waals surface area (Å²) in [5.74, 6) is 0.685. The van der Waals surface area contributed by atoms with Crippen molar-refractivity contribution in [2.24, 2.45) is 7.05 Å². The van der Waals surface area contributed by atoms with Gasteiger partial charge in [0, 0.05) is 49.6 Å². The van der Waals surface area contributed by atoms with E-state index < -0.39 is 0 Å². The van der Waals surface area contributed by atoms with Crippen molar-refractivity contribution in [3.63, 3.8) is 0 Å². The van der Waals surface area contributed by atoms with Gasteiger partial charge in [-0.1, -0.05) is 6.07 Å². The topological polar surface area (TPSA) is 53.3 Å². The Bertz CT molecular complexity index is 901. The fraction of sp³-hybridized carbons (Fsp3) is 0.286. The van der Waals surface area contributed by atoms with Crippen LogP contribution in [0, 0.1) is 5.82 Å². The third-order valence-electron chi connectivity index (χ3n) is 4.76. The van der Waals surface area contributed by atoms with Gasteiger partial charge in [-0.05, 0) is 44.2 Å². The van der Waals surface area contributed by atoms with Crippen LogP contribution in [0.1, 0.15) is 19.4 Å². The minimum absolute atomic E-state index is 0.261. The number of phenols is 1. The summed E-state index contributed by atoms with van der Waals surface area (Å²) in [5.41, 5.74) is 3.60. The van der Waals surface area contributed by atoms with Crippen molar-refractivity contribution in [3.05, 3.63) is 60.0 Å². The van der Waals surface area contributed by atoms with E-state index in [-0.39, 0.29) is 11.6 Å². The zero-order valence-electron chi connectivity index (χ0n) is 15.9. The van der Waals surface area contributed by atoms with Crippen molar-refractivity contribution < 1.29 is 9.50 Å². The Morgan fingerprint density at radius 2 is 1.81 bits per heavy atom. The number of anilines is 2. The molecule has 142 valence electrons. The Kier molecular flexibility index (Phi) is 5.64. The van der Waals surface area contributed by atoms with Crippen molar-refractivity contribution in [2.75, 3.05) is 23.3 Å². The van der Waals surface area contributed by atoms with Gasteiger partial charge in [-0.25, -0.2) is 9.37 Å². The highest BCUT2D eigenvalue weighted by Crippen LogP contribution is 2.26. The molecule has 0 aliphatic rings. The second-order valence-corrected chi connectivity index (χ2v) is 6.37. The first-order valence-corrected chi connectivity index (χ1v) is 9.11. The number of imidazole rings is 1. The Balaban J connectivity index is 1.73. The number of aromatic hydroxyl groups is 1. The first-order chi connectivity index (χ1) is 13.0. The van der Waals surface area contributed by atoms with Crippen LogP contribution in [0.15, 0.2) is 48.7 Å². The predicted octanol–water partition coefficient (Wildman–Crippen LogP) is 4.39. The summed E-state index contributed by atoms with van der Waals surface area (Å²) in [4.78, 5) is 6.58. The lowest BCUT2D eigenvalue weighted by Crippen LogP contribution is -2.21. The lowest BCUT2D eigenvalue weighted by Gasteiger charge is -2.21. The Morgan fingerprint density at radius 3 is 2.44 bits per heavy atom. The number of phenolic OH excluding ortho intramolecular Hbond substituents is 1. The van der Waals surface area contributed by atoms with Crippen molar-refractivity contribution >= 4 is 11.6 Å². The lowest BCUT2D eigenvalue weighted by molar-refractivity contribution is 0.469. The molecule has 0 spiro atoms. The van der Waals surface area contributed by atoms with Crippen LogP contribution in [-0.2, 0) is 13.6 Å². The fourth-order valence-corrected chi connectivity index (χ4v) is 3.12. The molecule has 0 fully saturated rings. The molecule has 3 rings (SSSR count). The Hall–Kier alpha value is -3.02. The van der Waals surface area contributed by atoms with E-state index in [0.717, 1.165) is 35.6 Å². The van der Waals surface area contributed by atoms with Gasteiger partial charge in [0.05, 0.1) is 11.9 Å². The smallest absolute Gasteiger partial charge is 0.203 e. The summed E-state index contributed by atoms with van der Waals surface area (Å²) in [7, 11) is 1.90. The van der Waals surface area contributed by atoms with Crippen LogP contribution < -0.4 is 10.2 Å². The number of rotatable bonds is 7. The average Bonchev–Trinajstić information content (AvgIpc) is 3.03. The van der Waals surface area contributed by atoms with E-state index >= 15 is 0 Å². The maximum absolute atomic E-state index is 13.1. The summed E-state index contributed by atoms with van der Waals surface area (Å²) in [6.07, 6.45) is 1.75. The van der Waals surface area contributed by atoms with Crippen molar-refractivity contribution in [3.8, 4) is 17.0 Å². The highest BCUT2D eigenvalue weighted by atomic mass is 19.1. The molecule has 2 aromatic carbocycles. The van der Waals surface area contributed by atoms with Crippen LogP contribution in [0.25, 0.3) is 11.3 Å². The van der Waals surface area contributed by atoms with Gasteiger partial charge in [0.15, 0.2) is 0 Å². The van der Waals surface area contributed by atoms with Crippen molar-refractivity contribution in [1.29, 1.82) is 0 Å².